The van der Waals surface area contributed by atoms with Gasteiger partial charge in [0.2, 0.25) is 5.91 Å². The van der Waals surface area contributed by atoms with Gasteiger partial charge < -0.3 is 5.32 Å². The summed E-state index contributed by atoms with van der Waals surface area (Å²) < 4.78 is 27.3. The molecule has 6 heteroatoms. The molecule has 1 heterocycles. The van der Waals surface area contributed by atoms with Crippen LogP contribution in [0.15, 0.2) is 6.07 Å². The Morgan fingerprint density at radius 2 is 1.39 bits per heavy atom. The summed E-state index contributed by atoms with van der Waals surface area (Å²) in [6, 6.07) is 1.46. The third-order valence-corrected chi connectivity index (χ3v) is 6.70. The van der Waals surface area contributed by atoms with Crippen molar-refractivity contribution >= 4 is 5.91 Å². The van der Waals surface area contributed by atoms with E-state index in [9.17, 15) is 13.6 Å². The Hall–Kier alpha value is -1.46. The highest BCUT2D eigenvalue weighted by Crippen LogP contribution is 2.41. The Balaban J connectivity index is 1.38. The third-order valence-electron chi connectivity index (χ3n) is 6.70. The predicted octanol–water partition coefficient (Wildman–Crippen LogP) is 8.08. The number of halogens is 2. The quantitative estimate of drug-likeness (QED) is 0.186. The van der Waals surface area contributed by atoms with Crippen LogP contribution < -0.4 is 5.32 Å². The zero-order valence-corrected chi connectivity index (χ0v) is 20.9. The SMILES string of the molecule is CCCCCCCCCCCCCCCCCCNC(=O)Cn1nc(C(F)F)cc1C1CC1. The van der Waals surface area contributed by atoms with Gasteiger partial charge in [0.1, 0.15) is 12.2 Å². The maximum atomic E-state index is 12.9. The first kappa shape index (κ1) is 27.8. The van der Waals surface area contributed by atoms with E-state index < -0.39 is 6.43 Å². The minimum absolute atomic E-state index is 0.0391. The van der Waals surface area contributed by atoms with E-state index in [4.69, 9.17) is 0 Å². The van der Waals surface area contributed by atoms with Crippen LogP contribution in [0.5, 0.6) is 0 Å². The number of alkyl halides is 2. The molecule has 4 nitrogen and oxygen atoms in total. The molecule has 1 aliphatic rings. The summed E-state index contributed by atoms with van der Waals surface area (Å²) >= 11 is 0. The summed E-state index contributed by atoms with van der Waals surface area (Å²) in [5, 5.41) is 6.86. The number of carbonyl (C=O) groups excluding carboxylic acids is 1. The zero-order chi connectivity index (χ0) is 23.7. The highest BCUT2D eigenvalue weighted by atomic mass is 19.3. The molecule has 0 bridgehead atoms. The lowest BCUT2D eigenvalue weighted by molar-refractivity contribution is -0.121. The van der Waals surface area contributed by atoms with Crippen molar-refractivity contribution in [1.82, 2.24) is 15.1 Å². The van der Waals surface area contributed by atoms with Gasteiger partial charge >= 0.3 is 0 Å². The molecule has 2 rings (SSSR count). The number of hydrogen-bond donors (Lipinski definition) is 1. The Labute approximate surface area is 200 Å². The monoisotopic (exact) mass is 467 g/mol. The fourth-order valence-corrected chi connectivity index (χ4v) is 4.49. The number of unbranched alkanes of at least 4 members (excludes halogenated alkanes) is 15. The second-order valence-corrected chi connectivity index (χ2v) is 9.88. The lowest BCUT2D eigenvalue weighted by Crippen LogP contribution is -2.29. The largest absolute Gasteiger partial charge is 0.354 e. The van der Waals surface area contributed by atoms with E-state index in [1.165, 1.54) is 101 Å². The molecule has 0 aliphatic heterocycles. The molecule has 1 aromatic heterocycles. The zero-order valence-electron chi connectivity index (χ0n) is 20.9. The molecule has 0 unspecified atom stereocenters. The topological polar surface area (TPSA) is 46.9 Å². The predicted molar refractivity (Wildman–Crippen MR) is 132 cm³/mol. The van der Waals surface area contributed by atoms with E-state index in [1.807, 2.05) is 0 Å². The molecule has 1 aliphatic carbocycles. The fraction of sp³-hybridized carbons (Fsp3) is 0.852. The normalized spacial score (nSPS) is 13.7. The van der Waals surface area contributed by atoms with E-state index in [1.54, 1.807) is 0 Å². The van der Waals surface area contributed by atoms with Crippen molar-refractivity contribution in [2.24, 2.45) is 0 Å². The van der Waals surface area contributed by atoms with Crippen LogP contribution in [0.4, 0.5) is 8.78 Å². The van der Waals surface area contributed by atoms with Crippen molar-refractivity contribution in [3.05, 3.63) is 17.5 Å². The Morgan fingerprint density at radius 1 is 0.909 bits per heavy atom. The van der Waals surface area contributed by atoms with Crippen LogP contribution in [0.3, 0.4) is 0 Å². The first-order chi connectivity index (χ1) is 16.1. The molecule has 1 aromatic rings. The Bertz CT molecular complexity index is 643. The average Bonchev–Trinajstić information content (AvgIpc) is 3.55. The van der Waals surface area contributed by atoms with E-state index >= 15 is 0 Å². The first-order valence-corrected chi connectivity index (χ1v) is 13.7. The van der Waals surface area contributed by atoms with Gasteiger partial charge in [0.25, 0.3) is 6.43 Å². The molecular weight excluding hydrogens is 420 g/mol. The lowest BCUT2D eigenvalue weighted by Gasteiger charge is -2.08. The number of nitrogens with zero attached hydrogens (tertiary/aromatic N) is 2. The number of hydrogen-bond acceptors (Lipinski definition) is 2. The summed E-state index contributed by atoms with van der Waals surface area (Å²) in [4.78, 5) is 12.2. The van der Waals surface area contributed by atoms with Crippen LogP contribution in [0.1, 0.15) is 146 Å². The second-order valence-electron chi connectivity index (χ2n) is 9.88. The van der Waals surface area contributed by atoms with Gasteiger partial charge in [-0.15, -0.1) is 0 Å². The van der Waals surface area contributed by atoms with Crippen LogP contribution in [-0.4, -0.2) is 22.2 Å². The van der Waals surface area contributed by atoms with Crippen LogP contribution in [0.25, 0.3) is 0 Å². The van der Waals surface area contributed by atoms with Crippen molar-refractivity contribution in [3.8, 4) is 0 Å². The van der Waals surface area contributed by atoms with Gasteiger partial charge in [-0.05, 0) is 25.3 Å². The fourth-order valence-electron chi connectivity index (χ4n) is 4.49. The molecule has 1 amide bonds. The second kappa shape index (κ2) is 17.0. The van der Waals surface area contributed by atoms with Gasteiger partial charge in [0.05, 0.1) is 0 Å². The van der Waals surface area contributed by atoms with E-state index in [0.717, 1.165) is 31.4 Å². The molecule has 1 N–H and O–H groups in total. The summed E-state index contributed by atoms with van der Waals surface area (Å²) in [6.07, 6.45) is 20.6. The number of amides is 1. The molecular formula is C27H47F2N3O. The smallest absolute Gasteiger partial charge is 0.282 e. The highest BCUT2D eigenvalue weighted by Gasteiger charge is 2.30. The van der Waals surface area contributed by atoms with Crippen molar-refractivity contribution < 1.29 is 13.6 Å². The molecule has 1 saturated carbocycles. The highest BCUT2D eigenvalue weighted by molar-refractivity contribution is 5.75. The summed E-state index contributed by atoms with van der Waals surface area (Å²) in [6.45, 7) is 2.96. The Morgan fingerprint density at radius 3 is 1.85 bits per heavy atom. The molecule has 0 atom stereocenters. The summed E-state index contributed by atoms with van der Waals surface area (Å²) in [5.41, 5.74) is 0.561. The third kappa shape index (κ3) is 12.5. The van der Waals surface area contributed by atoms with Gasteiger partial charge in [-0.3, -0.25) is 9.48 Å². The molecule has 190 valence electrons. The molecule has 0 aromatic carbocycles. The number of nitrogens with one attached hydrogen (secondary N) is 1. The van der Waals surface area contributed by atoms with Crippen molar-refractivity contribution in [2.75, 3.05) is 6.54 Å². The van der Waals surface area contributed by atoms with Crippen LogP contribution in [0.2, 0.25) is 0 Å². The van der Waals surface area contributed by atoms with E-state index in [0.29, 0.717) is 6.54 Å². The van der Waals surface area contributed by atoms with Crippen molar-refractivity contribution in [1.29, 1.82) is 0 Å². The van der Waals surface area contributed by atoms with Gasteiger partial charge in [-0.1, -0.05) is 103 Å². The first-order valence-electron chi connectivity index (χ1n) is 13.7. The minimum Gasteiger partial charge on any atom is -0.354 e. The molecule has 33 heavy (non-hydrogen) atoms. The number of carbonyl (C=O) groups is 1. The molecule has 0 saturated heterocycles. The standard InChI is InChI=1S/C27H47F2N3O/c1-2-3-4-5-6-7-8-9-10-11-12-13-14-15-16-17-20-30-26(33)22-32-25(23-18-19-23)21-24(31-32)27(28)29/h21,23,27H,2-20,22H2,1H3,(H,30,33). The van der Waals surface area contributed by atoms with Gasteiger partial charge in [-0.25, -0.2) is 8.78 Å². The van der Waals surface area contributed by atoms with Gasteiger partial charge in [0, 0.05) is 18.2 Å². The van der Waals surface area contributed by atoms with Crippen LogP contribution in [-0.2, 0) is 11.3 Å². The molecule has 0 radical (unpaired) electrons. The van der Waals surface area contributed by atoms with Crippen LogP contribution >= 0.6 is 0 Å². The lowest BCUT2D eigenvalue weighted by atomic mass is 10.0. The number of aromatic nitrogens is 2. The molecule has 1 fully saturated rings. The number of rotatable bonds is 21. The summed E-state index contributed by atoms with van der Waals surface area (Å²) in [7, 11) is 0. The van der Waals surface area contributed by atoms with Gasteiger partial charge in [0.15, 0.2) is 0 Å². The maximum absolute atomic E-state index is 12.9. The minimum atomic E-state index is -2.59. The van der Waals surface area contributed by atoms with Crippen molar-refractivity contribution in [2.45, 2.75) is 141 Å². The van der Waals surface area contributed by atoms with E-state index in [2.05, 4.69) is 17.3 Å². The summed E-state index contributed by atoms with van der Waals surface area (Å²) in [5.74, 6) is 0.153. The van der Waals surface area contributed by atoms with Crippen LogP contribution in [0, 0.1) is 0 Å². The average molecular weight is 468 g/mol. The Kier molecular flexibility index (Phi) is 14.4. The van der Waals surface area contributed by atoms with E-state index in [-0.39, 0.29) is 24.1 Å². The molecule has 0 spiro atoms. The van der Waals surface area contributed by atoms with Crippen molar-refractivity contribution in [3.63, 3.8) is 0 Å². The maximum Gasteiger partial charge on any atom is 0.282 e. The van der Waals surface area contributed by atoms with Gasteiger partial charge in [-0.2, -0.15) is 5.10 Å².